The fourth-order valence-electron chi connectivity index (χ4n) is 3.56. The summed E-state index contributed by atoms with van der Waals surface area (Å²) in [6.45, 7) is 5.68. The molecule has 0 aliphatic rings. The van der Waals surface area contributed by atoms with E-state index in [4.69, 9.17) is 14.9 Å². The van der Waals surface area contributed by atoms with Crippen LogP contribution in [0, 0.1) is 20.8 Å². The number of rotatable bonds is 3. The summed E-state index contributed by atoms with van der Waals surface area (Å²) in [6.07, 6.45) is 2.21. The summed E-state index contributed by atoms with van der Waals surface area (Å²) in [6, 6.07) is 4.02. The Kier molecular flexibility index (Phi) is 3.41. The number of nitrogens with two attached hydrogens (primary N) is 1. The molecule has 0 aliphatic carbocycles. The van der Waals surface area contributed by atoms with Crippen molar-refractivity contribution in [2.45, 2.75) is 27.2 Å². The van der Waals surface area contributed by atoms with Gasteiger partial charge >= 0.3 is 0 Å². The predicted octanol–water partition coefficient (Wildman–Crippen LogP) is 2.41. The van der Waals surface area contributed by atoms with E-state index in [1.165, 1.54) is 0 Å². The van der Waals surface area contributed by atoms with E-state index in [2.05, 4.69) is 30.7 Å². The van der Waals surface area contributed by atoms with Crippen molar-refractivity contribution in [1.29, 1.82) is 0 Å². The molecule has 0 aromatic carbocycles. The van der Waals surface area contributed by atoms with Gasteiger partial charge in [0.15, 0.2) is 11.2 Å². The molecule has 0 amide bonds. The SMILES string of the molecule is Cc1nc2nonc2c(N)c1Cc1ccc(-c2c(C)noc2C)n2cnnc12. The van der Waals surface area contributed by atoms with Gasteiger partial charge in [-0.25, -0.2) is 9.61 Å². The number of aromatic nitrogens is 7. The number of hydrogen-bond donors (Lipinski definition) is 1. The number of anilines is 1. The molecule has 28 heavy (non-hydrogen) atoms. The molecular weight excluding hydrogens is 360 g/mol. The van der Waals surface area contributed by atoms with E-state index in [1.807, 2.05) is 37.3 Å². The third-order valence-corrected chi connectivity index (χ3v) is 4.96. The van der Waals surface area contributed by atoms with Crippen LogP contribution in [0.15, 0.2) is 27.6 Å². The lowest BCUT2D eigenvalue weighted by Gasteiger charge is -2.11. The Labute approximate surface area is 158 Å². The molecule has 0 spiro atoms. The van der Waals surface area contributed by atoms with Crippen molar-refractivity contribution in [2.24, 2.45) is 0 Å². The molecule has 0 saturated carbocycles. The van der Waals surface area contributed by atoms with E-state index < -0.39 is 0 Å². The molecule has 140 valence electrons. The third kappa shape index (κ3) is 2.27. The van der Waals surface area contributed by atoms with Gasteiger partial charge in [-0.2, -0.15) is 0 Å². The average Bonchev–Trinajstić information content (AvgIpc) is 3.40. The molecule has 5 heterocycles. The van der Waals surface area contributed by atoms with Gasteiger partial charge in [0.2, 0.25) is 5.65 Å². The molecular formula is C18H16N8O2. The van der Waals surface area contributed by atoms with Crippen LogP contribution < -0.4 is 5.73 Å². The standard InChI is InChI=1S/C18H16N8O2/c1-8-12(15(19)16-17(21-8)25-28-24-16)6-11-4-5-13(26-7-20-22-18(11)26)14-9(2)23-27-10(14)3/h4-5,7H,6,19H2,1-3H3. The van der Waals surface area contributed by atoms with Gasteiger partial charge in [-0.15, -0.1) is 10.2 Å². The van der Waals surface area contributed by atoms with Crippen LogP contribution >= 0.6 is 0 Å². The Balaban J connectivity index is 1.66. The summed E-state index contributed by atoms with van der Waals surface area (Å²) in [5.74, 6) is 0.744. The van der Waals surface area contributed by atoms with Crippen LogP contribution in [0.1, 0.15) is 28.3 Å². The predicted molar refractivity (Wildman–Crippen MR) is 99.5 cm³/mol. The number of nitrogen functional groups attached to an aromatic ring is 1. The smallest absolute Gasteiger partial charge is 0.226 e. The molecule has 5 aromatic rings. The second-order valence-corrected chi connectivity index (χ2v) is 6.67. The number of fused-ring (bicyclic) bond motifs is 2. The molecule has 0 fully saturated rings. The first-order valence-corrected chi connectivity index (χ1v) is 8.66. The van der Waals surface area contributed by atoms with Crippen LogP contribution in [0.25, 0.3) is 28.1 Å². The molecule has 0 atom stereocenters. The largest absolute Gasteiger partial charge is 0.396 e. The maximum atomic E-state index is 6.31. The van der Waals surface area contributed by atoms with Crippen LogP contribution in [-0.2, 0) is 6.42 Å². The minimum absolute atomic E-state index is 0.403. The molecule has 10 heteroatoms. The second kappa shape index (κ2) is 5.84. The first-order chi connectivity index (χ1) is 13.5. The summed E-state index contributed by atoms with van der Waals surface area (Å²) >= 11 is 0. The lowest BCUT2D eigenvalue weighted by atomic mass is 10.0. The fourth-order valence-corrected chi connectivity index (χ4v) is 3.56. The minimum atomic E-state index is 0.403. The molecule has 0 aliphatic heterocycles. The zero-order valence-corrected chi connectivity index (χ0v) is 15.5. The lowest BCUT2D eigenvalue weighted by molar-refractivity contribution is 0.315. The number of hydrogen-bond acceptors (Lipinski definition) is 9. The van der Waals surface area contributed by atoms with Crippen molar-refractivity contribution >= 4 is 22.5 Å². The Hall–Kier alpha value is -3.82. The molecule has 0 radical (unpaired) electrons. The maximum absolute atomic E-state index is 6.31. The van der Waals surface area contributed by atoms with Crippen molar-refractivity contribution in [3.8, 4) is 11.3 Å². The maximum Gasteiger partial charge on any atom is 0.226 e. The van der Waals surface area contributed by atoms with E-state index in [1.54, 1.807) is 6.33 Å². The molecule has 0 unspecified atom stereocenters. The average molecular weight is 376 g/mol. The topological polar surface area (TPSA) is 134 Å². The zero-order valence-electron chi connectivity index (χ0n) is 15.5. The van der Waals surface area contributed by atoms with E-state index in [0.717, 1.165) is 45.2 Å². The van der Waals surface area contributed by atoms with Gasteiger partial charge in [-0.1, -0.05) is 11.2 Å². The van der Waals surface area contributed by atoms with Gasteiger partial charge in [0.05, 0.1) is 22.6 Å². The lowest BCUT2D eigenvalue weighted by Crippen LogP contribution is -2.04. The Morgan fingerprint density at radius 1 is 1.07 bits per heavy atom. The summed E-state index contributed by atoms with van der Waals surface area (Å²) in [5.41, 5.74) is 13.7. The van der Waals surface area contributed by atoms with Crippen LogP contribution in [0.2, 0.25) is 0 Å². The van der Waals surface area contributed by atoms with Gasteiger partial charge in [0.1, 0.15) is 12.1 Å². The molecule has 10 nitrogen and oxygen atoms in total. The van der Waals surface area contributed by atoms with Gasteiger partial charge < -0.3 is 10.3 Å². The van der Waals surface area contributed by atoms with Gasteiger partial charge in [-0.3, -0.25) is 4.40 Å². The second-order valence-electron chi connectivity index (χ2n) is 6.67. The van der Waals surface area contributed by atoms with Crippen molar-refractivity contribution in [1.82, 2.24) is 35.1 Å². The highest BCUT2D eigenvalue weighted by atomic mass is 16.6. The summed E-state index contributed by atoms with van der Waals surface area (Å²) in [5, 5.41) is 20.1. The van der Waals surface area contributed by atoms with Crippen molar-refractivity contribution < 1.29 is 9.15 Å². The minimum Gasteiger partial charge on any atom is -0.396 e. The summed E-state index contributed by atoms with van der Waals surface area (Å²) in [7, 11) is 0. The van der Waals surface area contributed by atoms with Gasteiger partial charge in [0.25, 0.3) is 0 Å². The summed E-state index contributed by atoms with van der Waals surface area (Å²) < 4.78 is 12.0. The van der Waals surface area contributed by atoms with Crippen molar-refractivity contribution in [3.63, 3.8) is 0 Å². The van der Waals surface area contributed by atoms with Crippen LogP contribution in [-0.4, -0.2) is 35.1 Å². The monoisotopic (exact) mass is 376 g/mol. The normalized spacial score (nSPS) is 11.7. The highest BCUT2D eigenvalue weighted by Gasteiger charge is 2.19. The van der Waals surface area contributed by atoms with Crippen molar-refractivity contribution in [2.75, 3.05) is 5.73 Å². The molecule has 2 N–H and O–H groups in total. The van der Waals surface area contributed by atoms with Crippen molar-refractivity contribution in [3.05, 3.63) is 46.7 Å². The first-order valence-electron chi connectivity index (χ1n) is 8.66. The Morgan fingerprint density at radius 3 is 2.71 bits per heavy atom. The van der Waals surface area contributed by atoms with E-state index in [0.29, 0.717) is 23.3 Å². The Morgan fingerprint density at radius 2 is 1.93 bits per heavy atom. The third-order valence-electron chi connectivity index (χ3n) is 4.96. The van der Waals surface area contributed by atoms with Crippen LogP contribution in [0.5, 0.6) is 0 Å². The van der Waals surface area contributed by atoms with E-state index in [9.17, 15) is 0 Å². The molecule has 0 bridgehead atoms. The molecule has 5 rings (SSSR count). The van der Waals surface area contributed by atoms with Gasteiger partial charge in [0, 0.05) is 23.2 Å². The van der Waals surface area contributed by atoms with Gasteiger partial charge in [-0.05, 0) is 37.2 Å². The number of aryl methyl sites for hydroxylation is 3. The number of nitrogens with zero attached hydrogens (tertiary/aromatic N) is 7. The van der Waals surface area contributed by atoms with E-state index >= 15 is 0 Å². The Bertz CT molecular complexity index is 1330. The highest BCUT2D eigenvalue weighted by Crippen LogP contribution is 2.31. The fraction of sp³-hybridized carbons (Fsp3) is 0.222. The molecule has 0 saturated heterocycles. The zero-order chi connectivity index (χ0) is 19.4. The first kappa shape index (κ1) is 16.4. The molecule has 5 aromatic heterocycles. The quantitative estimate of drug-likeness (QED) is 0.503. The summed E-state index contributed by atoms with van der Waals surface area (Å²) in [4.78, 5) is 4.43. The highest BCUT2D eigenvalue weighted by molar-refractivity contribution is 5.85. The number of pyridine rings is 2. The van der Waals surface area contributed by atoms with Crippen LogP contribution in [0.3, 0.4) is 0 Å². The van der Waals surface area contributed by atoms with E-state index in [-0.39, 0.29) is 0 Å². The van der Waals surface area contributed by atoms with Crippen LogP contribution in [0.4, 0.5) is 5.69 Å².